The van der Waals surface area contributed by atoms with Crippen LogP contribution in [0.4, 0.5) is 0 Å². The fourth-order valence-corrected chi connectivity index (χ4v) is 31.9. The summed E-state index contributed by atoms with van der Waals surface area (Å²) in [5, 5.41) is 0. The molecular weight excluding hydrogens is 660 g/mol. The third-order valence-corrected chi connectivity index (χ3v) is 32.7. The summed E-state index contributed by atoms with van der Waals surface area (Å²) in [6, 6.07) is 33.3. The first-order chi connectivity index (χ1) is 22.1. The molecule has 0 bridgehead atoms. The van der Waals surface area contributed by atoms with Gasteiger partial charge in [-0.25, -0.2) is 0 Å². The number of hydrogen-bond acceptors (Lipinski definition) is 0. The van der Waals surface area contributed by atoms with Crippen LogP contribution in [-0.2, 0) is 31.7 Å². The van der Waals surface area contributed by atoms with Gasteiger partial charge in [0.05, 0.1) is 0 Å². The second-order valence-electron chi connectivity index (χ2n) is 16.9. The quantitative estimate of drug-likeness (QED) is 0.174. The fraction of sp³-hybridized carbons (Fsp3) is 0.378. The van der Waals surface area contributed by atoms with Crippen LogP contribution in [0.3, 0.4) is 0 Å². The summed E-state index contributed by atoms with van der Waals surface area (Å²) in [4.78, 5) is 0. The van der Waals surface area contributed by atoms with Crippen molar-refractivity contribution in [2.75, 3.05) is 0 Å². The van der Waals surface area contributed by atoms with E-state index in [2.05, 4.69) is 173 Å². The molecule has 2 heteroatoms. The molecule has 0 heterocycles. The van der Waals surface area contributed by atoms with Gasteiger partial charge in [0, 0.05) is 0 Å². The van der Waals surface area contributed by atoms with Gasteiger partial charge in [-0.05, 0) is 0 Å². The summed E-state index contributed by atoms with van der Waals surface area (Å²) in [6.45, 7) is 29.0. The van der Waals surface area contributed by atoms with Gasteiger partial charge in [-0.2, -0.15) is 0 Å². The molecule has 0 aliphatic heterocycles. The van der Waals surface area contributed by atoms with Gasteiger partial charge < -0.3 is 0 Å². The van der Waals surface area contributed by atoms with E-state index in [1.54, 1.807) is 33.4 Å². The van der Waals surface area contributed by atoms with E-state index in [-0.39, 0.29) is 10.8 Å². The van der Waals surface area contributed by atoms with Crippen LogP contribution in [0.1, 0.15) is 110 Å². The molecule has 4 aromatic carbocycles. The zero-order chi connectivity index (χ0) is 34.0. The maximum atomic E-state index is 2.69. The molecule has 0 N–H and O–H groups in total. The molecule has 2 unspecified atom stereocenters. The van der Waals surface area contributed by atoms with E-state index in [1.807, 2.05) is 0 Å². The number of benzene rings is 4. The Labute approximate surface area is 294 Å². The van der Waals surface area contributed by atoms with Gasteiger partial charge in [-0.1, -0.05) is 0 Å². The van der Waals surface area contributed by atoms with Gasteiger partial charge in [0.15, 0.2) is 0 Å². The monoisotopic (exact) mass is 713 g/mol. The van der Waals surface area contributed by atoms with Crippen LogP contribution in [0, 0.1) is 5.92 Å². The molecular formula is C45H55SiZr. The van der Waals surface area contributed by atoms with Crippen molar-refractivity contribution in [2.24, 2.45) is 5.92 Å². The summed E-state index contributed by atoms with van der Waals surface area (Å²) in [5.74, 6) is -0.418. The zero-order valence-corrected chi connectivity index (χ0v) is 34.6. The van der Waals surface area contributed by atoms with Crippen molar-refractivity contribution in [2.45, 2.75) is 100 Å². The van der Waals surface area contributed by atoms with Crippen LogP contribution in [0.2, 0.25) is 13.1 Å². The molecule has 2 aliphatic rings. The van der Waals surface area contributed by atoms with Gasteiger partial charge in [0.1, 0.15) is 0 Å². The van der Waals surface area contributed by atoms with Gasteiger partial charge in [0.2, 0.25) is 0 Å². The first-order valence-electron chi connectivity index (χ1n) is 17.8. The number of hydrogen-bond donors (Lipinski definition) is 0. The minimum absolute atomic E-state index is 0.157. The van der Waals surface area contributed by atoms with Crippen LogP contribution < -0.4 is 0 Å². The Morgan fingerprint density at radius 3 is 1.60 bits per heavy atom. The standard InChI is InChI=1S/C23H27.C20H21.C2H7Si.Zr/c1-15(2)21-14-18-8-7-9-20(22(18)16(21)3)17-10-12-19(13-11-17)23(4,5)6;1-14-12-16-6-5-7-18(19(16)13-14)15-8-10-17(11-9-15)20(2,3)4;1-3-2;/h7-15H,1-6H3;5-13H,1-4H3;3H,1-2H3;. The molecule has 0 saturated heterocycles. The number of rotatable bonds is 6. The molecule has 0 fully saturated rings. The van der Waals surface area contributed by atoms with Crippen molar-refractivity contribution >= 4 is 17.6 Å². The molecule has 0 aromatic heterocycles. The number of fused-ring (bicyclic) bond motifs is 2. The van der Waals surface area contributed by atoms with E-state index in [1.165, 1.54) is 38.9 Å². The molecule has 6 rings (SSSR count). The van der Waals surface area contributed by atoms with Crippen molar-refractivity contribution in [3.8, 4) is 22.3 Å². The Bertz CT molecular complexity index is 1850. The van der Waals surface area contributed by atoms with Gasteiger partial charge in [-0.15, -0.1) is 0 Å². The fourth-order valence-electron chi connectivity index (χ4n) is 8.50. The van der Waals surface area contributed by atoms with E-state index < -0.39 is 26.8 Å². The summed E-state index contributed by atoms with van der Waals surface area (Å²) in [6.07, 6.45) is 2.58. The molecule has 0 nitrogen and oxygen atoms in total. The molecule has 2 atom stereocenters. The molecule has 0 spiro atoms. The minimum atomic E-state index is -2.19. The van der Waals surface area contributed by atoms with Crippen molar-refractivity contribution in [3.63, 3.8) is 0 Å². The predicted molar refractivity (Wildman–Crippen MR) is 207 cm³/mol. The third-order valence-electron chi connectivity index (χ3n) is 10.9. The second kappa shape index (κ2) is 12.7. The average Bonchev–Trinajstić information content (AvgIpc) is 3.50. The first kappa shape index (κ1) is 34.3. The summed E-state index contributed by atoms with van der Waals surface area (Å²) in [5.41, 5.74) is 19.9. The maximum absolute atomic E-state index is 2.69. The first-order valence-corrected chi connectivity index (χ1v) is 27.8. The molecule has 4 aromatic rings. The van der Waals surface area contributed by atoms with E-state index in [4.69, 9.17) is 0 Å². The molecule has 47 heavy (non-hydrogen) atoms. The van der Waals surface area contributed by atoms with Crippen LogP contribution in [-0.4, -0.2) is 5.92 Å². The van der Waals surface area contributed by atoms with E-state index in [0.29, 0.717) is 13.2 Å². The summed E-state index contributed by atoms with van der Waals surface area (Å²) < 4.78 is 1.28. The normalized spacial score (nSPS) is 17.8. The molecule has 0 saturated carbocycles. The molecule has 0 amide bonds. The Hall–Kier alpha value is -2.54. The van der Waals surface area contributed by atoms with Gasteiger partial charge in [-0.3, -0.25) is 0 Å². The second-order valence-corrected chi connectivity index (χ2v) is 36.9. The van der Waals surface area contributed by atoms with Crippen LogP contribution in [0.5, 0.6) is 0 Å². The van der Waals surface area contributed by atoms with Crippen molar-refractivity contribution < 1.29 is 20.9 Å². The topological polar surface area (TPSA) is 0 Å². The van der Waals surface area contributed by atoms with Crippen LogP contribution in [0.25, 0.3) is 33.9 Å². The van der Waals surface area contributed by atoms with Crippen molar-refractivity contribution in [1.82, 2.24) is 0 Å². The van der Waals surface area contributed by atoms with E-state index in [9.17, 15) is 0 Å². The summed E-state index contributed by atoms with van der Waals surface area (Å²) in [7, 11) is 0. The molecule has 2 aliphatic carbocycles. The SMILES string of the molecule is CC1=Cc2c(-c3ccc(C(C)(C)C)cc3)cccc2[CH]1[Zr]([CH]1C(C(C)C)=C(C)c2c(-c3ccc(C(C)(C)C)cc3)cccc21)[SiH](C)C. The molecule has 0 radical (unpaired) electrons. The van der Waals surface area contributed by atoms with Crippen LogP contribution >= 0.6 is 0 Å². The zero-order valence-electron chi connectivity index (χ0n) is 31.0. The van der Waals surface area contributed by atoms with E-state index >= 15 is 0 Å². The van der Waals surface area contributed by atoms with Gasteiger partial charge in [0.25, 0.3) is 0 Å². The molecule has 243 valence electrons. The Balaban J connectivity index is 1.47. The Kier molecular flexibility index (Phi) is 9.30. The van der Waals surface area contributed by atoms with E-state index in [0.717, 1.165) is 0 Å². The predicted octanol–water partition coefficient (Wildman–Crippen LogP) is 12.9. The third kappa shape index (κ3) is 6.24. The van der Waals surface area contributed by atoms with Gasteiger partial charge >= 0.3 is 297 Å². The van der Waals surface area contributed by atoms with Crippen molar-refractivity contribution in [3.05, 3.63) is 129 Å². The summed E-state index contributed by atoms with van der Waals surface area (Å²) >= 11 is -2.19. The van der Waals surface area contributed by atoms with Crippen molar-refractivity contribution in [1.29, 1.82) is 0 Å². The number of allylic oxidation sites excluding steroid dienone is 3. The Morgan fingerprint density at radius 2 is 1.11 bits per heavy atom. The Morgan fingerprint density at radius 1 is 0.617 bits per heavy atom. The average molecular weight is 715 g/mol. The van der Waals surface area contributed by atoms with Crippen LogP contribution in [0.15, 0.2) is 96.1 Å².